The van der Waals surface area contributed by atoms with E-state index in [9.17, 15) is 4.79 Å². The highest BCUT2D eigenvalue weighted by Crippen LogP contribution is 2.24. The minimum absolute atomic E-state index is 0.0547. The van der Waals surface area contributed by atoms with Crippen molar-refractivity contribution in [2.75, 3.05) is 11.9 Å². The molecule has 3 nitrogen and oxygen atoms in total. The summed E-state index contributed by atoms with van der Waals surface area (Å²) in [6, 6.07) is 7.89. The van der Waals surface area contributed by atoms with Crippen molar-refractivity contribution < 1.29 is 4.79 Å². The zero-order valence-electron chi connectivity index (χ0n) is 9.92. The van der Waals surface area contributed by atoms with E-state index in [0.29, 0.717) is 13.0 Å². The molecule has 1 heterocycles. The first-order valence-electron chi connectivity index (χ1n) is 5.83. The van der Waals surface area contributed by atoms with Crippen LogP contribution in [0.15, 0.2) is 24.3 Å². The minimum Gasteiger partial charge on any atom is -0.373 e. The molecule has 0 aliphatic carbocycles. The van der Waals surface area contributed by atoms with E-state index < -0.39 is 0 Å². The second-order valence-corrected chi connectivity index (χ2v) is 4.03. The second kappa shape index (κ2) is 5.40. The van der Waals surface area contributed by atoms with Crippen LogP contribution in [0.2, 0.25) is 0 Å². The number of hydrogen-bond acceptors (Lipinski definition) is 2. The summed E-state index contributed by atoms with van der Waals surface area (Å²) in [6.07, 6.45) is 1.48. The summed E-state index contributed by atoms with van der Waals surface area (Å²) in [7, 11) is 0. The van der Waals surface area contributed by atoms with E-state index in [4.69, 9.17) is 0 Å². The number of hydrogen-bond donors (Lipinski definition) is 2. The summed E-state index contributed by atoms with van der Waals surface area (Å²) in [4.78, 5) is 11.9. The van der Waals surface area contributed by atoms with E-state index in [1.165, 1.54) is 5.56 Å². The van der Waals surface area contributed by atoms with E-state index in [1.54, 1.807) is 6.92 Å². The van der Waals surface area contributed by atoms with Gasteiger partial charge in [-0.2, -0.15) is 0 Å². The third kappa shape index (κ3) is 2.79. The fraction of sp³-hybridized carbons (Fsp3) is 0.357. The predicted molar refractivity (Wildman–Crippen MR) is 68.6 cm³/mol. The number of carbonyl (C=O) groups is 1. The van der Waals surface area contributed by atoms with Gasteiger partial charge in [0.05, 0.1) is 0 Å². The maximum Gasteiger partial charge on any atom is 0.242 e. The fourth-order valence-electron chi connectivity index (χ4n) is 1.95. The number of rotatable bonds is 3. The highest BCUT2D eigenvalue weighted by atomic mass is 16.2. The largest absolute Gasteiger partial charge is 0.373 e. The topological polar surface area (TPSA) is 41.1 Å². The Morgan fingerprint density at radius 2 is 2.35 bits per heavy atom. The van der Waals surface area contributed by atoms with Crippen LogP contribution in [-0.2, 0) is 11.2 Å². The van der Waals surface area contributed by atoms with Gasteiger partial charge in [-0.25, -0.2) is 0 Å². The summed E-state index contributed by atoms with van der Waals surface area (Å²) in [5.41, 5.74) is 2.28. The van der Waals surface area contributed by atoms with Crippen molar-refractivity contribution >= 4 is 11.6 Å². The first-order chi connectivity index (χ1) is 8.31. The number of benzene rings is 1. The molecule has 0 radical (unpaired) electrons. The van der Waals surface area contributed by atoms with E-state index in [0.717, 1.165) is 12.1 Å². The van der Waals surface area contributed by atoms with Crippen LogP contribution >= 0.6 is 0 Å². The molecule has 17 heavy (non-hydrogen) atoms. The molecule has 2 rings (SSSR count). The Kier molecular flexibility index (Phi) is 3.66. The third-order valence-corrected chi connectivity index (χ3v) is 2.81. The van der Waals surface area contributed by atoms with Gasteiger partial charge in [-0.15, -0.1) is 11.8 Å². The number of para-hydroxylation sites is 1. The summed E-state index contributed by atoms with van der Waals surface area (Å²) in [6.45, 7) is 2.42. The lowest BCUT2D eigenvalue weighted by atomic mass is 10.1. The van der Waals surface area contributed by atoms with Gasteiger partial charge in [0.25, 0.3) is 0 Å². The summed E-state index contributed by atoms with van der Waals surface area (Å²) >= 11 is 0. The van der Waals surface area contributed by atoms with Crippen LogP contribution in [0.5, 0.6) is 0 Å². The zero-order valence-corrected chi connectivity index (χ0v) is 9.92. The number of anilines is 1. The van der Waals surface area contributed by atoms with Gasteiger partial charge in [-0.3, -0.25) is 4.79 Å². The lowest BCUT2D eigenvalue weighted by Crippen LogP contribution is -2.38. The molecule has 1 aliphatic rings. The number of fused-ring (bicyclic) bond motifs is 1. The van der Waals surface area contributed by atoms with Crippen LogP contribution in [0.4, 0.5) is 5.69 Å². The number of carbonyl (C=O) groups excluding carboxylic acids is 1. The molecule has 88 valence electrons. The van der Waals surface area contributed by atoms with Gasteiger partial charge in [0.15, 0.2) is 0 Å². The molecule has 1 aromatic rings. The van der Waals surface area contributed by atoms with Gasteiger partial charge < -0.3 is 10.6 Å². The summed E-state index contributed by atoms with van der Waals surface area (Å²) in [5, 5.41) is 6.12. The fourth-order valence-corrected chi connectivity index (χ4v) is 1.95. The van der Waals surface area contributed by atoms with Gasteiger partial charge in [0.2, 0.25) is 5.91 Å². The van der Waals surface area contributed by atoms with Crippen LogP contribution in [-0.4, -0.2) is 18.5 Å². The first kappa shape index (κ1) is 11.5. The maximum absolute atomic E-state index is 11.9. The molecule has 0 bridgehead atoms. The molecule has 1 amide bonds. The SMILES string of the molecule is CC#CCCNC(=O)[C@@H]1Cc2ccccc2N1. The Hall–Kier alpha value is -1.95. The molecule has 0 spiro atoms. The van der Waals surface area contributed by atoms with Crippen LogP contribution < -0.4 is 10.6 Å². The van der Waals surface area contributed by atoms with E-state index >= 15 is 0 Å². The van der Waals surface area contributed by atoms with Crippen molar-refractivity contribution in [1.29, 1.82) is 0 Å². The lowest BCUT2D eigenvalue weighted by molar-refractivity contribution is -0.121. The first-order valence-corrected chi connectivity index (χ1v) is 5.83. The smallest absolute Gasteiger partial charge is 0.242 e. The minimum atomic E-state index is -0.137. The summed E-state index contributed by atoms with van der Waals surface area (Å²) < 4.78 is 0. The Labute approximate surface area is 102 Å². The van der Waals surface area contributed by atoms with Gasteiger partial charge in [-0.05, 0) is 18.6 Å². The predicted octanol–water partition coefficient (Wildman–Crippen LogP) is 1.55. The average molecular weight is 228 g/mol. The molecular formula is C14H16N2O. The van der Waals surface area contributed by atoms with Crippen molar-refractivity contribution in [1.82, 2.24) is 5.32 Å². The van der Waals surface area contributed by atoms with E-state index in [-0.39, 0.29) is 11.9 Å². The highest BCUT2D eigenvalue weighted by molar-refractivity contribution is 5.87. The molecule has 1 aliphatic heterocycles. The van der Waals surface area contributed by atoms with Gasteiger partial charge in [0.1, 0.15) is 6.04 Å². The monoisotopic (exact) mass is 228 g/mol. The van der Waals surface area contributed by atoms with Gasteiger partial charge in [-0.1, -0.05) is 18.2 Å². The second-order valence-electron chi connectivity index (χ2n) is 4.03. The number of amides is 1. The summed E-state index contributed by atoms with van der Waals surface area (Å²) in [5.74, 6) is 5.79. The van der Waals surface area contributed by atoms with Crippen molar-refractivity contribution in [3.8, 4) is 11.8 Å². The molecular weight excluding hydrogens is 212 g/mol. The van der Waals surface area contributed by atoms with E-state index in [2.05, 4.69) is 28.5 Å². The van der Waals surface area contributed by atoms with Crippen molar-refractivity contribution in [3.63, 3.8) is 0 Å². The molecule has 0 saturated carbocycles. The van der Waals surface area contributed by atoms with Crippen LogP contribution in [0.3, 0.4) is 0 Å². The van der Waals surface area contributed by atoms with Crippen molar-refractivity contribution in [2.24, 2.45) is 0 Å². The molecule has 0 unspecified atom stereocenters. The Bertz CT molecular complexity index is 446. The normalized spacial score (nSPS) is 16.4. The quantitative estimate of drug-likeness (QED) is 0.609. The van der Waals surface area contributed by atoms with E-state index in [1.807, 2.05) is 18.2 Å². The lowest BCUT2D eigenvalue weighted by Gasteiger charge is -2.10. The van der Waals surface area contributed by atoms with Crippen LogP contribution in [0.1, 0.15) is 18.9 Å². The standard InChI is InChI=1S/C14H16N2O/c1-2-3-6-9-15-14(17)13-10-11-7-4-5-8-12(11)16-13/h4-5,7-8,13,16H,6,9-10H2,1H3,(H,15,17)/t13-/m0/s1. The third-order valence-electron chi connectivity index (χ3n) is 2.81. The molecule has 0 fully saturated rings. The van der Waals surface area contributed by atoms with Crippen LogP contribution in [0.25, 0.3) is 0 Å². The van der Waals surface area contributed by atoms with Crippen molar-refractivity contribution in [3.05, 3.63) is 29.8 Å². The number of nitrogens with one attached hydrogen (secondary N) is 2. The average Bonchev–Trinajstić information content (AvgIpc) is 2.78. The zero-order chi connectivity index (χ0) is 12.1. The van der Waals surface area contributed by atoms with Crippen LogP contribution in [0, 0.1) is 11.8 Å². The Balaban J connectivity index is 1.85. The molecule has 3 heteroatoms. The molecule has 1 atom stereocenters. The molecule has 0 aromatic heterocycles. The Morgan fingerprint density at radius 3 is 3.12 bits per heavy atom. The molecule has 1 aromatic carbocycles. The van der Waals surface area contributed by atoms with Gasteiger partial charge in [0, 0.05) is 25.1 Å². The molecule has 2 N–H and O–H groups in total. The van der Waals surface area contributed by atoms with Crippen molar-refractivity contribution in [2.45, 2.75) is 25.8 Å². The molecule has 0 saturated heterocycles. The highest BCUT2D eigenvalue weighted by Gasteiger charge is 2.25. The van der Waals surface area contributed by atoms with Gasteiger partial charge >= 0.3 is 0 Å². The Morgan fingerprint density at radius 1 is 1.53 bits per heavy atom. The maximum atomic E-state index is 11.9.